The number of aliphatic hydroxyl groups excluding tert-OH is 1. The highest BCUT2D eigenvalue weighted by Crippen LogP contribution is 2.28. The lowest BCUT2D eigenvalue weighted by atomic mass is 10.2. The molecule has 0 aliphatic rings. The van der Waals surface area contributed by atoms with E-state index in [2.05, 4.69) is 5.16 Å². The first-order chi connectivity index (χ1) is 8.70. The summed E-state index contributed by atoms with van der Waals surface area (Å²) in [4.78, 5) is 10.3. The largest absolute Gasteiger partial charge is 0.479 e. The number of benzene rings is 1. The zero-order valence-corrected chi connectivity index (χ0v) is 9.28. The standard InChI is InChI=1S/C11H10N2O5/c14-6-8-1-2-11(10(5-8)13(15)16)17-7-9-3-4-12-18-9/h1-5,14H,6-7H2. The molecule has 0 bridgehead atoms. The maximum atomic E-state index is 10.9. The van der Waals surface area contributed by atoms with Gasteiger partial charge in [0.05, 0.1) is 17.7 Å². The Morgan fingerprint density at radius 2 is 2.28 bits per heavy atom. The average molecular weight is 250 g/mol. The summed E-state index contributed by atoms with van der Waals surface area (Å²) in [6.45, 7) is -0.206. The van der Waals surface area contributed by atoms with Crippen LogP contribution in [0, 0.1) is 10.1 Å². The van der Waals surface area contributed by atoms with Crippen LogP contribution in [0.15, 0.2) is 35.0 Å². The molecule has 0 unspecified atom stereocenters. The first-order valence-corrected chi connectivity index (χ1v) is 5.11. The van der Waals surface area contributed by atoms with E-state index in [1.54, 1.807) is 12.1 Å². The number of aromatic nitrogens is 1. The fraction of sp³-hybridized carbons (Fsp3) is 0.182. The normalized spacial score (nSPS) is 10.3. The average Bonchev–Trinajstić information content (AvgIpc) is 2.89. The van der Waals surface area contributed by atoms with E-state index in [4.69, 9.17) is 14.4 Å². The Balaban J connectivity index is 2.18. The van der Waals surface area contributed by atoms with Gasteiger partial charge in [-0.3, -0.25) is 10.1 Å². The highest BCUT2D eigenvalue weighted by molar-refractivity contribution is 5.48. The molecular formula is C11H10N2O5. The lowest BCUT2D eigenvalue weighted by molar-refractivity contribution is -0.386. The number of ether oxygens (including phenoxy) is 1. The second-order valence-electron chi connectivity index (χ2n) is 3.48. The molecule has 0 aliphatic carbocycles. The Hall–Kier alpha value is -2.41. The van der Waals surface area contributed by atoms with E-state index in [0.29, 0.717) is 11.3 Å². The van der Waals surface area contributed by atoms with Crippen molar-refractivity contribution in [1.29, 1.82) is 0 Å². The van der Waals surface area contributed by atoms with Crippen LogP contribution in [0.2, 0.25) is 0 Å². The van der Waals surface area contributed by atoms with Crippen LogP contribution < -0.4 is 4.74 Å². The van der Waals surface area contributed by atoms with Gasteiger partial charge in [0.1, 0.15) is 6.61 Å². The first-order valence-electron chi connectivity index (χ1n) is 5.11. The minimum atomic E-state index is -0.561. The molecule has 0 fully saturated rings. The van der Waals surface area contributed by atoms with Gasteiger partial charge in [0.15, 0.2) is 11.5 Å². The zero-order chi connectivity index (χ0) is 13.0. The number of nitro benzene ring substituents is 1. The maximum Gasteiger partial charge on any atom is 0.311 e. The molecule has 0 saturated carbocycles. The third kappa shape index (κ3) is 2.64. The highest BCUT2D eigenvalue weighted by atomic mass is 16.6. The van der Waals surface area contributed by atoms with Crippen molar-refractivity contribution < 1.29 is 19.3 Å². The molecule has 0 amide bonds. The van der Waals surface area contributed by atoms with Crippen molar-refractivity contribution in [2.75, 3.05) is 0 Å². The third-order valence-corrected chi connectivity index (χ3v) is 2.26. The van der Waals surface area contributed by atoms with Gasteiger partial charge in [0.2, 0.25) is 0 Å². The summed E-state index contributed by atoms with van der Waals surface area (Å²) < 4.78 is 10.1. The number of hydrogen-bond acceptors (Lipinski definition) is 6. The predicted molar refractivity (Wildman–Crippen MR) is 59.9 cm³/mol. The zero-order valence-electron chi connectivity index (χ0n) is 9.28. The summed E-state index contributed by atoms with van der Waals surface area (Å²) in [6.07, 6.45) is 1.46. The highest BCUT2D eigenvalue weighted by Gasteiger charge is 2.16. The number of rotatable bonds is 5. The Bertz CT molecular complexity index is 538. The molecule has 0 aliphatic heterocycles. The van der Waals surface area contributed by atoms with Gasteiger partial charge in [-0.1, -0.05) is 11.2 Å². The molecule has 0 saturated heterocycles. The predicted octanol–water partition coefficient (Wildman–Crippen LogP) is 1.65. The van der Waals surface area contributed by atoms with Gasteiger partial charge >= 0.3 is 5.69 Å². The molecule has 7 heteroatoms. The van der Waals surface area contributed by atoms with Gasteiger partial charge in [-0.25, -0.2) is 0 Å². The Kier molecular flexibility index (Phi) is 3.54. The second kappa shape index (κ2) is 5.28. The van der Waals surface area contributed by atoms with E-state index in [-0.39, 0.29) is 24.7 Å². The topological polar surface area (TPSA) is 98.6 Å². The molecule has 18 heavy (non-hydrogen) atoms. The molecule has 2 aromatic rings. The summed E-state index contributed by atoms with van der Waals surface area (Å²) in [5.41, 5.74) is 0.259. The number of nitrogens with zero attached hydrogens (tertiary/aromatic N) is 2. The minimum absolute atomic E-state index is 0.0549. The molecule has 7 nitrogen and oxygen atoms in total. The summed E-state index contributed by atoms with van der Waals surface area (Å²) in [6, 6.07) is 5.88. The van der Waals surface area contributed by atoms with Gasteiger partial charge in [0, 0.05) is 12.1 Å². The van der Waals surface area contributed by atoms with Gasteiger partial charge in [-0.15, -0.1) is 0 Å². The molecule has 1 N–H and O–H groups in total. The van der Waals surface area contributed by atoms with E-state index >= 15 is 0 Å². The molecule has 1 aromatic heterocycles. The SMILES string of the molecule is O=[N+]([O-])c1cc(CO)ccc1OCc1ccno1. The second-order valence-corrected chi connectivity index (χ2v) is 3.48. The van der Waals surface area contributed by atoms with Crippen LogP contribution in [0.25, 0.3) is 0 Å². The Morgan fingerprint density at radius 1 is 1.44 bits per heavy atom. The quantitative estimate of drug-likeness (QED) is 0.639. The molecule has 94 valence electrons. The van der Waals surface area contributed by atoms with Gasteiger partial charge in [-0.2, -0.15) is 0 Å². The van der Waals surface area contributed by atoms with Crippen LogP contribution >= 0.6 is 0 Å². The van der Waals surface area contributed by atoms with Gasteiger partial charge in [0.25, 0.3) is 0 Å². The Labute approximate surface area is 102 Å². The summed E-state index contributed by atoms with van der Waals surface area (Å²) in [5, 5.41) is 23.3. The number of nitro groups is 1. The fourth-order valence-electron chi connectivity index (χ4n) is 1.39. The van der Waals surface area contributed by atoms with E-state index in [0.717, 1.165) is 0 Å². The third-order valence-electron chi connectivity index (χ3n) is 2.26. The number of hydrogen-bond donors (Lipinski definition) is 1. The molecule has 1 aromatic carbocycles. The Morgan fingerprint density at radius 3 is 2.89 bits per heavy atom. The van der Waals surface area contributed by atoms with Gasteiger partial charge < -0.3 is 14.4 Å². The van der Waals surface area contributed by atoms with Crippen molar-refractivity contribution in [3.8, 4) is 5.75 Å². The lowest BCUT2D eigenvalue weighted by Crippen LogP contribution is -1.99. The number of aliphatic hydroxyl groups is 1. The smallest absolute Gasteiger partial charge is 0.311 e. The summed E-state index contributed by atoms with van der Waals surface area (Å²) in [7, 11) is 0. The first kappa shape index (κ1) is 12.1. The van der Waals surface area contributed by atoms with E-state index in [1.165, 1.54) is 18.3 Å². The van der Waals surface area contributed by atoms with Crippen LogP contribution in [-0.4, -0.2) is 15.2 Å². The van der Waals surface area contributed by atoms with E-state index < -0.39 is 4.92 Å². The monoisotopic (exact) mass is 250 g/mol. The van der Waals surface area contributed by atoms with Gasteiger partial charge in [-0.05, 0) is 11.6 Å². The molecule has 1 heterocycles. The summed E-state index contributed by atoms with van der Waals surface area (Å²) in [5.74, 6) is 0.587. The van der Waals surface area contributed by atoms with Crippen LogP contribution in [0.4, 0.5) is 5.69 Å². The molecule has 0 spiro atoms. The molecule has 0 radical (unpaired) electrons. The van der Waals surface area contributed by atoms with Crippen LogP contribution in [-0.2, 0) is 13.2 Å². The van der Waals surface area contributed by atoms with Crippen molar-refractivity contribution >= 4 is 5.69 Å². The van der Waals surface area contributed by atoms with E-state index in [1.807, 2.05) is 0 Å². The molecular weight excluding hydrogens is 240 g/mol. The van der Waals surface area contributed by atoms with E-state index in [9.17, 15) is 10.1 Å². The van der Waals surface area contributed by atoms with Crippen molar-refractivity contribution in [2.24, 2.45) is 0 Å². The van der Waals surface area contributed by atoms with Crippen LogP contribution in [0.5, 0.6) is 5.75 Å². The maximum absolute atomic E-state index is 10.9. The minimum Gasteiger partial charge on any atom is -0.479 e. The van der Waals surface area contributed by atoms with Crippen molar-refractivity contribution in [1.82, 2.24) is 5.16 Å². The summed E-state index contributed by atoms with van der Waals surface area (Å²) >= 11 is 0. The van der Waals surface area contributed by atoms with Crippen molar-refractivity contribution in [2.45, 2.75) is 13.2 Å². The molecule has 2 rings (SSSR count). The van der Waals surface area contributed by atoms with Crippen LogP contribution in [0.1, 0.15) is 11.3 Å². The molecule has 0 atom stereocenters. The van der Waals surface area contributed by atoms with Crippen molar-refractivity contribution in [3.63, 3.8) is 0 Å². The fourth-order valence-corrected chi connectivity index (χ4v) is 1.39. The van der Waals surface area contributed by atoms with Crippen molar-refractivity contribution in [3.05, 3.63) is 51.9 Å². The van der Waals surface area contributed by atoms with Crippen LogP contribution in [0.3, 0.4) is 0 Å². The lowest BCUT2D eigenvalue weighted by Gasteiger charge is -2.05.